The molecule has 0 spiro atoms. The molecular formula is C13H12O6. The van der Waals surface area contributed by atoms with Crippen LogP contribution in [0, 0.1) is 0 Å². The van der Waals surface area contributed by atoms with Crippen molar-refractivity contribution < 1.29 is 28.9 Å². The number of carbonyl (C=O) groups excluding carboxylic acids is 2. The van der Waals surface area contributed by atoms with E-state index < -0.39 is 23.6 Å². The summed E-state index contributed by atoms with van der Waals surface area (Å²) < 4.78 is 15.5. The summed E-state index contributed by atoms with van der Waals surface area (Å²) in [5, 5.41) is 9.89. The Morgan fingerprint density at radius 1 is 1.42 bits per heavy atom. The number of methoxy groups -OCH3 is 1. The molecule has 100 valence electrons. The molecule has 6 heteroatoms. The van der Waals surface area contributed by atoms with Crippen LogP contribution in [0.25, 0.3) is 0 Å². The van der Waals surface area contributed by atoms with Gasteiger partial charge in [0.25, 0.3) is 0 Å². The zero-order valence-electron chi connectivity index (χ0n) is 10.4. The van der Waals surface area contributed by atoms with E-state index in [1.807, 2.05) is 0 Å². The van der Waals surface area contributed by atoms with E-state index in [0.29, 0.717) is 11.3 Å². The van der Waals surface area contributed by atoms with E-state index >= 15 is 0 Å². The van der Waals surface area contributed by atoms with Crippen molar-refractivity contribution in [2.24, 2.45) is 0 Å². The largest absolute Gasteiger partial charge is 0.507 e. The number of hydrogen-bond donors (Lipinski definition) is 1. The third-order valence-corrected chi connectivity index (χ3v) is 3.47. The number of phenolic OH excluding ortho intramolecular Hbond substituents is 1. The molecule has 0 aromatic heterocycles. The molecule has 2 aliphatic heterocycles. The lowest BCUT2D eigenvalue weighted by Gasteiger charge is -2.34. The summed E-state index contributed by atoms with van der Waals surface area (Å²) in [5.41, 5.74) is -0.584. The Balaban J connectivity index is 2.22. The molecule has 0 radical (unpaired) electrons. The highest BCUT2D eigenvalue weighted by Crippen LogP contribution is 2.49. The van der Waals surface area contributed by atoms with E-state index in [1.165, 1.54) is 13.2 Å². The van der Waals surface area contributed by atoms with Crippen molar-refractivity contribution in [1.82, 2.24) is 0 Å². The summed E-state index contributed by atoms with van der Waals surface area (Å²) in [6.45, 7) is 1.64. The number of esters is 2. The molecule has 1 saturated heterocycles. The maximum Gasteiger partial charge on any atom is 0.343 e. The minimum atomic E-state index is -1.03. The molecular weight excluding hydrogens is 252 g/mol. The Hall–Kier alpha value is -2.24. The van der Waals surface area contributed by atoms with Crippen molar-refractivity contribution in [2.75, 3.05) is 7.11 Å². The molecule has 1 aromatic carbocycles. The number of aromatic hydroxyl groups is 1. The van der Waals surface area contributed by atoms with E-state index in [-0.39, 0.29) is 17.7 Å². The molecule has 2 heterocycles. The zero-order valence-corrected chi connectivity index (χ0v) is 10.4. The van der Waals surface area contributed by atoms with Gasteiger partial charge in [-0.15, -0.1) is 0 Å². The van der Waals surface area contributed by atoms with Gasteiger partial charge < -0.3 is 19.3 Å². The number of rotatable bonds is 1. The summed E-state index contributed by atoms with van der Waals surface area (Å²) in [6, 6.07) is 2.90. The predicted molar refractivity (Wildman–Crippen MR) is 61.9 cm³/mol. The van der Waals surface area contributed by atoms with Crippen LogP contribution in [-0.4, -0.2) is 29.8 Å². The van der Waals surface area contributed by atoms with E-state index in [4.69, 9.17) is 14.2 Å². The molecule has 1 N–H and O–H groups in total. The molecule has 0 aliphatic carbocycles. The van der Waals surface area contributed by atoms with Gasteiger partial charge in [-0.05, 0) is 13.0 Å². The highest BCUT2D eigenvalue weighted by molar-refractivity contribution is 5.97. The topological polar surface area (TPSA) is 82.1 Å². The van der Waals surface area contributed by atoms with Crippen molar-refractivity contribution in [3.8, 4) is 11.5 Å². The van der Waals surface area contributed by atoms with Crippen LogP contribution in [0.15, 0.2) is 12.1 Å². The van der Waals surface area contributed by atoms with Gasteiger partial charge in [-0.1, -0.05) is 0 Å². The van der Waals surface area contributed by atoms with Gasteiger partial charge >= 0.3 is 11.9 Å². The lowest BCUT2D eigenvalue weighted by Crippen LogP contribution is -2.39. The number of ether oxygens (including phenoxy) is 3. The summed E-state index contributed by atoms with van der Waals surface area (Å²) >= 11 is 0. The average molecular weight is 264 g/mol. The molecule has 0 saturated carbocycles. The Labute approximate surface area is 108 Å². The maximum atomic E-state index is 12.0. The highest BCUT2D eigenvalue weighted by atomic mass is 16.6. The maximum absolute atomic E-state index is 12.0. The van der Waals surface area contributed by atoms with Crippen molar-refractivity contribution >= 4 is 11.9 Å². The summed E-state index contributed by atoms with van der Waals surface area (Å²) in [4.78, 5) is 23.4. The second kappa shape index (κ2) is 3.63. The van der Waals surface area contributed by atoms with Gasteiger partial charge in [-0.3, -0.25) is 4.79 Å². The zero-order chi connectivity index (χ0) is 13.8. The van der Waals surface area contributed by atoms with Crippen LogP contribution < -0.4 is 4.74 Å². The number of benzene rings is 1. The van der Waals surface area contributed by atoms with Gasteiger partial charge in [-0.2, -0.15) is 0 Å². The Morgan fingerprint density at radius 2 is 2.16 bits per heavy atom. The smallest absolute Gasteiger partial charge is 0.343 e. The third-order valence-electron chi connectivity index (χ3n) is 3.47. The first-order valence-corrected chi connectivity index (χ1v) is 5.78. The monoisotopic (exact) mass is 264 g/mol. The molecule has 6 nitrogen and oxygen atoms in total. The van der Waals surface area contributed by atoms with Crippen LogP contribution >= 0.6 is 0 Å². The van der Waals surface area contributed by atoms with E-state index in [9.17, 15) is 14.7 Å². The van der Waals surface area contributed by atoms with E-state index in [0.717, 1.165) is 0 Å². The average Bonchev–Trinajstić information content (AvgIpc) is 2.62. The second-order valence-electron chi connectivity index (χ2n) is 4.86. The molecule has 1 fully saturated rings. The Morgan fingerprint density at radius 3 is 2.84 bits per heavy atom. The van der Waals surface area contributed by atoms with Crippen LogP contribution in [0.5, 0.6) is 11.5 Å². The molecule has 0 amide bonds. The van der Waals surface area contributed by atoms with Crippen LogP contribution in [-0.2, 0) is 14.3 Å². The summed E-state index contributed by atoms with van der Waals surface area (Å²) in [7, 11) is 1.45. The highest BCUT2D eigenvalue weighted by Gasteiger charge is 2.54. The molecule has 19 heavy (non-hydrogen) atoms. The van der Waals surface area contributed by atoms with Crippen molar-refractivity contribution in [3.05, 3.63) is 23.3 Å². The SMILES string of the molecule is COc1cc(O)c2c(c1)C1OC(=O)C[C@]1(C)OC2=O. The fourth-order valence-electron chi connectivity index (χ4n) is 2.59. The molecule has 0 bridgehead atoms. The first kappa shape index (κ1) is 11.8. The van der Waals surface area contributed by atoms with Gasteiger partial charge in [-0.25, -0.2) is 4.79 Å². The summed E-state index contributed by atoms with van der Waals surface area (Å²) in [6.07, 6.45) is -0.713. The first-order valence-electron chi connectivity index (χ1n) is 5.78. The van der Waals surface area contributed by atoms with E-state index in [2.05, 4.69) is 0 Å². The molecule has 3 rings (SSSR count). The minimum absolute atomic E-state index is 0.000812. The molecule has 2 aliphatic rings. The normalized spacial score (nSPS) is 28.2. The standard InChI is InChI=1S/C13H12O6/c1-13-5-9(15)18-11(13)7-3-6(17-2)4-8(14)10(7)12(16)19-13/h3-4,11,14H,5H2,1-2H3/t11?,13-/m0/s1. The Kier molecular flexibility index (Phi) is 2.26. The molecule has 1 unspecified atom stereocenters. The lowest BCUT2D eigenvalue weighted by molar-refractivity contribution is -0.143. The molecule has 1 aromatic rings. The summed E-state index contributed by atoms with van der Waals surface area (Å²) in [5.74, 6) is -0.955. The van der Waals surface area contributed by atoms with Crippen LogP contribution in [0.3, 0.4) is 0 Å². The van der Waals surface area contributed by atoms with Gasteiger partial charge in [0.1, 0.15) is 17.1 Å². The first-order chi connectivity index (χ1) is 8.94. The Bertz CT molecular complexity index is 593. The fraction of sp³-hybridized carbons (Fsp3) is 0.385. The van der Waals surface area contributed by atoms with Crippen molar-refractivity contribution in [3.63, 3.8) is 0 Å². The van der Waals surface area contributed by atoms with Crippen molar-refractivity contribution in [1.29, 1.82) is 0 Å². The van der Waals surface area contributed by atoms with Gasteiger partial charge in [0.05, 0.1) is 13.5 Å². The lowest BCUT2D eigenvalue weighted by atomic mass is 9.86. The van der Waals surface area contributed by atoms with Gasteiger partial charge in [0, 0.05) is 11.6 Å². The van der Waals surface area contributed by atoms with Gasteiger partial charge in [0.15, 0.2) is 11.7 Å². The predicted octanol–water partition coefficient (Wildman–Crippen LogP) is 1.32. The van der Waals surface area contributed by atoms with Gasteiger partial charge in [0.2, 0.25) is 0 Å². The number of carbonyl (C=O) groups is 2. The third kappa shape index (κ3) is 1.56. The second-order valence-corrected chi connectivity index (χ2v) is 4.86. The van der Waals surface area contributed by atoms with Crippen LogP contribution in [0.2, 0.25) is 0 Å². The minimum Gasteiger partial charge on any atom is -0.507 e. The molecule has 2 atom stereocenters. The fourth-order valence-corrected chi connectivity index (χ4v) is 2.59. The number of fused-ring (bicyclic) bond motifs is 3. The number of phenols is 1. The van der Waals surface area contributed by atoms with Crippen LogP contribution in [0.1, 0.15) is 35.4 Å². The van der Waals surface area contributed by atoms with Crippen molar-refractivity contribution in [2.45, 2.75) is 25.0 Å². The number of hydrogen-bond acceptors (Lipinski definition) is 6. The quantitative estimate of drug-likeness (QED) is 0.770. The van der Waals surface area contributed by atoms with E-state index in [1.54, 1.807) is 13.0 Å². The van der Waals surface area contributed by atoms with Crippen LogP contribution in [0.4, 0.5) is 0 Å².